The van der Waals surface area contributed by atoms with E-state index < -0.39 is 15.9 Å². The highest BCUT2D eigenvalue weighted by atomic mass is 32.2. The Hall–Kier alpha value is -1.81. The van der Waals surface area contributed by atoms with E-state index in [-0.39, 0.29) is 23.9 Å². The van der Waals surface area contributed by atoms with Gasteiger partial charge in [0.05, 0.1) is 11.8 Å². The van der Waals surface area contributed by atoms with Crippen LogP contribution in [0, 0.1) is 0 Å². The van der Waals surface area contributed by atoms with Crippen LogP contribution in [0.4, 0.5) is 0 Å². The maximum Gasteiger partial charge on any atom is 0.244 e. The van der Waals surface area contributed by atoms with Gasteiger partial charge >= 0.3 is 0 Å². The minimum absolute atomic E-state index is 0.0335. The Balaban J connectivity index is 2.06. The van der Waals surface area contributed by atoms with Crippen molar-refractivity contribution in [3.05, 3.63) is 12.2 Å². The highest BCUT2D eigenvalue weighted by Gasteiger charge is 2.18. The van der Waals surface area contributed by atoms with E-state index in [4.69, 9.17) is 10.3 Å². The maximum atomic E-state index is 11.0. The lowest BCUT2D eigenvalue weighted by Gasteiger charge is -2.04. The van der Waals surface area contributed by atoms with Crippen LogP contribution in [0.15, 0.2) is 10.9 Å². The zero-order chi connectivity index (χ0) is 13.2. The van der Waals surface area contributed by atoms with E-state index in [9.17, 15) is 8.42 Å². The Kier molecular flexibility index (Phi) is 3.39. The number of hydrogen-bond donors (Lipinski definition) is 2. The van der Waals surface area contributed by atoms with Crippen molar-refractivity contribution in [1.82, 2.24) is 25.3 Å². The van der Waals surface area contributed by atoms with Crippen LogP contribution in [0.2, 0.25) is 0 Å². The summed E-state index contributed by atoms with van der Waals surface area (Å²) < 4.78 is 27.0. The topological polar surface area (TPSA) is 141 Å². The van der Waals surface area contributed by atoms with Gasteiger partial charge in [0.1, 0.15) is 16.2 Å². The van der Waals surface area contributed by atoms with Crippen LogP contribution in [0.5, 0.6) is 0 Å². The number of nitrogens with one attached hydrogen (secondary N) is 1. The Morgan fingerprint density at radius 3 is 2.94 bits per heavy atom. The Morgan fingerprint density at radius 2 is 2.33 bits per heavy atom. The number of nitrogens with zero attached hydrogens (tertiary/aromatic N) is 4. The highest BCUT2D eigenvalue weighted by molar-refractivity contribution is 7.90. The number of aromatic amines is 1. The first-order valence-corrected chi connectivity index (χ1v) is 7.14. The second-order valence-electron chi connectivity index (χ2n) is 3.82. The zero-order valence-electron chi connectivity index (χ0n) is 9.57. The molecule has 10 heteroatoms. The average Bonchev–Trinajstić information content (AvgIpc) is 2.94. The minimum atomic E-state index is -3.06. The smallest absolute Gasteiger partial charge is 0.244 e. The van der Waals surface area contributed by atoms with Crippen molar-refractivity contribution in [2.24, 2.45) is 5.73 Å². The van der Waals surface area contributed by atoms with Crippen LogP contribution in [0.25, 0.3) is 11.6 Å². The first-order valence-electron chi connectivity index (χ1n) is 5.08. The van der Waals surface area contributed by atoms with Crippen molar-refractivity contribution in [1.29, 1.82) is 0 Å². The molecule has 0 bridgehead atoms. The molecule has 18 heavy (non-hydrogen) atoms. The third kappa shape index (κ3) is 3.11. The van der Waals surface area contributed by atoms with Crippen LogP contribution in [-0.4, -0.2) is 45.7 Å². The summed E-state index contributed by atoms with van der Waals surface area (Å²) >= 11 is 0. The first kappa shape index (κ1) is 12.6. The molecule has 0 saturated carbocycles. The van der Waals surface area contributed by atoms with Gasteiger partial charge in [0.25, 0.3) is 0 Å². The molecular weight excluding hydrogens is 260 g/mol. The average molecular weight is 272 g/mol. The van der Waals surface area contributed by atoms with E-state index >= 15 is 0 Å². The van der Waals surface area contributed by atoms with Crippen LogP contribution < -0.4 is 5.73 Å². The lowest BCUT2D eigenvalue weighted by atomic mass is 10.2. The van der Waals surface area contributed by atoms with Crippen LogP contribution in [0.3, 0.4) is 0 Å². The molecular formula is C8H12N6O3S. The molecule has 98 valence electrons. The molecule has 2 aromatic heterocycles. The summed E-state index contributed by atoms with van der Waals surface area (Å²) in [5.41, 5.74) is 5.76. The third-order valence-corrected chi connectivity index (χ3v) is 3.16. The zero-order valence-corrected chi connectivity index (χ0v) is 10.4. The molecule has 0 fully saturated rings. The predicted octanol–water partition coefficient (Wildman–Crippen LogP) is -0.711. The summed E-state index contributed by atoms with van der Waals surface area (Å²) in [5.74, 6) is 0.733. The van der Waals surface area contributed by atoms with E-state index in [1.165, 1.54) is 6.33 Å². The molecule has 0 saturated heterocycles. The lowest BCUT2D eigenvalue weighted by molar-refractivity contribution is 0.352. The van der Waals surface area contributed by atoms with E-state index in [0.717, 1.165) is 6.26 Å². The van der Waals surface area contributed by atoms with Gasteiger partial charge in [-0.3, -0.25) is 5.10 Å². The highest BCUT2D eigenvalue weighted by Crippen LogP contribution is 2.16. The third-order valence-electron chi connectivity index (χ3n) is 2.19. The van der Waals surface area contributed by atoms with Gasteiger partial charge in [0.2, 0.25) is 11.7 Å². The first-order chi connectivity index (χ1) is 8.46. The molecule has 0 spiro atoms. The molecule has 0 aromatic carbocycles. The summed E-state index contributed by atoms with van der Waals surface area (Å²) in [7, 11) is -3.06. The molecule has 0 aliphatic rings. The number of sulfone groups is 1. The number of aromatic nitrogens is 5. The number of H-pyrrole nitrogens is 1. The van der Waals surface area contributed by atoms with Gasteiger partial charge in [-0.25, -0.2) is 13.4 Å². The number of nitrogens with two attached hydrogens (primary N) is 1. The number of rotatable bonds is 5. The van der Waals surface area contributed by atoms with E-state index in [1.807, 2.05) is 0 Å². The maximum absolute atomic E-state index is 11.0. The molecule has 3 N–H and O–H groups in total. The summed E-state index contributed by atoms with van der Waals surface area (Å²) in [6.07, 6.45) is 2.68. The monoisotopic (exact) mass is 272 g/mol. The normalized spacial score (nSPS) is 13.7. The van der Waals surface area contributed by atoms with Gasteiger partial charge in [-0.05, 0) is 6.42 Å². The summed E-state index contributed by atoms with van der Waals surface area (Å²) in [6, 6.07) is -0.621. The molecule has 0 aliphatic carbocycles. The molecule has 0 radical (unpaired) electrons. The van der Waals surface area contributed by atoms with Crippen molar-refractivity contribution in [3.8, 4) is 11.6 Å². The molecule has 1 atom stereocenters. The summed E-state index contributed by atoms with van der Waals surface area (Å²) in [5, 5.41) is 9.91. The quantitative estimate of drug-likeness (QED) is 0.727. The fourth-order valence-electron chi connectivity index (χ4n) is 1.26. The number of hydrogen-bond acceptors (Lipinski definition) is 8. The van der Waals surface area contributed by atoms with Crippen molar-refractivity contribution in [2.75, 3.05) is 12.0 Å². The van der Waals surface area contributed by atoms with Gasteiger partial charge in [-0.2, -0.15) is 10.1 Å². The van der Waals surface area contributed by atoms with E-state index in [0.29, 0.717) is 5.82 Å². The van der Waals surface area contributed by atoms with Gasteiger partial charge < -0.3 is 10.3 Å². The molecule has 2 heterocycles. The van der Waals surface area contributed by atoms with Crippen LogP contribution in [-0.2, 0) is 9.84 Å². The summed E-state index contributed by atoms with van der Waals surface area (Å²) in [4.78, 5) is 7.88. The van der Waals surface area contributed by atoms with Crippen molar-refractivity contribution in [2.45, 2.75) is 12.5 Å². The molecule has 2 aromatic rings. The second-order valence-corrected chi connectivity index (χ2v) is 6.08. The lowest BCUT2D eigenvalue weighted by Crippen LogP contribution is -2.16. The molecule has 2 rings (SSSR count). The van der Waals surface area contributed by atoms with Crippen molar-refractivity contribution < 1.29 is 12.9 Å². The fourth-order valence-corrected chi connectivity index (χ4v) is 1.94. The van der Waals surface area contributed by atoms with Gasteiger partial charge in [0, 0.05) is 6.26 Å². The molecule has 9 nitrogen and oxygen atoms in total. The standard InChI is InChI=1S/C8H12N6O3S/c1-18(15,16)3-2-5(9)8-12-7(14-17-8)6-10-4-11-13-6/h4-5H,2-3,9H2,1H3,(H,10,11,13). The largest absolute Gasteiger partial charge is 0.337 e. The molecule has 0 aliphatic heterocycles. The Bertz CT molecular complexity index is 605. The van der Waals surface area contributed by atoms with E-state index in [2.05, 4.69) is 25.3 Å². The SMILES string of the molecule is CS(=O)(=O)CCC(N)c1nc(-c2ncn[nH]2)no1. The van der Waals surface area contributed by atoms with Gasteiger partial charge in [-0.15, -0.1) is 0 Å². The van der Waals surface area contributed by atoms with Gasteiger partial charge in [0.15, 0.2) is 5.82 Å². The van der Waals surface area contributed by atoms with Crippen molar-refractivity contribution in [3.63, 3.8) is 0 Å². The molecule has 0 amide bonds. The van der Waals surface area contributed by atoms with Crippen LogP contribution >= 0.6 is 0 Å². The fraction of sp³-hybridized carbons (Fsp3) is 0.500. The van der Waals surface area contributed by atoms with Crippen molar-refractivity contribution >= 4 is 9.84 Å². The Labute approximate surface area is 103 Å². The molecule has 1 unspecified atom stereocenters. The summed E-state index contributed by atoms with van der Waals surface area (Å²) in [6.45, 7) is 0. The van der Waals surface area contributed by atoms with Crippen LogP contribution in [0.1, 0.15) is 18.4 Å². The van der Waals surface area contributed by atoms with E-state index in [1.54, 1.807) is 0 Å². The van der Waals surface area contributed by atoms with Gasteiger partial charge in [-0.1, -0.05) is 5.16 Å². The second kappa shape index (κ2) is 4.82. The Morgan fingerprint density at radius 1 is 1.56 bits per heavy atom. The minimum Gasteiger partial charge on any atom is -0.337 e. The predicted molar refractivity (Wildman–Crippen MR) is 60.9 cm³/mol.